The Morgan fingerprint density at radius 1 is 1.03 bits per heavy atom. The number of hydrogen-bond donors (Lipinski definition) is 0. The van der Waals surface area contributed by atoms with Crippen molar-refractivity contribution in [1.82, 2.24) is 14.9 Å². The van der Waals surface area contributed by atoms with E-state index >= 15 is 0 Å². The Kier molecular flexibility index (Phi) is 5.70. The maximum atomic E-state index is 12.7. The number of hydrogen-bond acceptors (Lipinski definition) is 5. The van der Waals surface area contributed by atoms with Gasteiger partial charge in [-0.15, -0.1) is 0 Å². The highest BCUT2D eigenvalue weighted by molar-refractivity contribution is 5.79. The molecule has 1 aliphatic heterocycles. The summed E-state index contributed by atoms with van der Waals surface area (Å²) < 4.78 is 10.9. The second-order valence-electron chi connectivity index (χ2n) is 7.01. The zero-order valence-corrected chi connectivity index (χ0v) is 16.3. The lowest BCUT2D eigenvalue weighted by molar-refractivity contribution is -0.129. The molecule has 0 saturated carbocycles. The maximum Gasteiger partial charge on any atom is 0.235 e. The minimum absolute atomic E-state index is 0.0826. The average Bonchev–Trinajstić information content (AvgIpc) is 3.24. The fraction of sp³-hybridized carbons (Fsp3) is 0.261. The van der Waals surface area contributed by atoms with Gasteiger partial charge in [0, 0.05) is 13.0 Å². The number of likely N-dealkylation sites (tertiary alicyclic amines) is 1. The summed E-state index contributed by atoms with van der Waals surface area (Å²) in [6.07, 6.45) is 4.17. The van der Waals surface area contributed by atoms with E-state index in [2.05, 4.69) is 34.2 Å². The van der Waals surface area contributed by atoms with Crippen LogP contribution in [0.3, 0.4) is 0 Å². The van der Waals surface area contributed by atoms with Gasteiger partial charge >= 0.3 is 0 Å². The molecule has 0 radical (unpaired) electrons. The largest absolute Gasteiger partial charge is 0.480 e. The third-order valence-corrected chi connectivity index (χ3v) is 5.00. The van der Waals surface area contributed by atoms with E-state index in [9.17, 15) is 4.79 Å². The first-order valence-corrected chi connectivity index (χ1v) is 9.66. The van der Waals surface area contributed by atoms with Crippen LogP contribution in [0.25, 0.3) is 11.1 Å². The third kappa shape index (κ3) is 4.71. The number of amides is 1. The summed E-state index contributed by atoms with van der Waals surface area (Å²) in [4.78, 5) is 22.8. The van der Waals surface area contributed by atoms with E-state index in [1.807, 2.05) is 35.2 Å². The first-order valence-electron chi connectivity index (χ1n) is 9.66. The fourth-order valence-electron chi connectivity index (χ4n) is 3.44. The van der Waals surface area contributed by atoms with Gasteiger partial charge in [-0.3, -0.25) is 9.78 Å². The Morgan fingerprint density at radius 2 is 1.76 bits per heavy atom. The van der Waals surface area contributed by atoms with Crippen LogP contribution in [-0.4, -0.2) is 47.1 Å². The van der Waals surface area contributed by atoms with Gasteiger partial charge in [0.25, 0.3) is 0 Å². The van der Waals surface area contributed by atoms with Crippen LogP contribution in [0.1, 0.15) is 12.0 Å². The van der Waals surface area contributed by atoms with E-state index < -0.39 is 0 Å². The molecule has 1 amide bonds. The zero-order chi connectivity index (χ0) is 20.1. The molecule has 6 heteroatoms. The summed E-state index contributed by atoms with van der Waals surface area (Å²) in [7, 11) is 1.54. The van der Waals surface area contributed by atoms with E-state index in [1.54, 1.807) is 6.20 Å². The van der Waals surface area contributed by atoms with E-state index in [1.165, 1.54) is 18.9 Å². The predicted octanol–water partition coefficient (Wildman–Crippen LogP) is 3.37. The van der Waals surface area contributed by atoms with Crippen molar-refractivity contribution in [1.29, 1.82) is 0 Å². The summed E-state index contributed by atoms with van der Waals surface area (Å²) in [5.74, 6) is 0.938. The van der Waals surface area contributed by atoms with Crippen LogP contribution in [-0.2, 0) is 11.2 Å². The number of rotatable bonds is 6. The minimum atomic E-state index is -0.0826. The van der Waals surface area contributed by atoms with Crippen molar-refractivity contribution in [2.45, 2.75) is 18.9 Å². The second kappa shape index (κ2) is 8.73. The Labute approximate surface area is 170 Å². The Morgan fingerprint density at radius 3 is 2.52 bits per heavy atom. The molecule has 1 saturated heterocycles. The van der Waals surface area contributed by atoms with Crippen LogP contribution in [0.4, 0.5) is 0 Å². The molecule has 0 bridgehead atoms. The number of nitrogens with zero attached hydrogens (tertiary/aromatic N) is 3. The lowest BCUT2D eigenvalue weighted by atomic mass is 10.0. The summed E-state index contributed by atoms with van der Waals surface area (Å²) in [6, 6.07) is 18.4. The van der Waals surface area contributed by atoms with Gasteiger partial charge in [0.15, 0.2) is 0 Å². The molecule has 2 aromatic carbocycles. The van der Waals surface area contributed by atoms with Crippen molar-refractivity contribution in [2.75, 3.05) is 20.2 Å². The lowest BCUT2D eigenvalue weighted by Crippen LogP contribution is -2.32. The summed E-state index contributed by atoms with van der Waals surface area (Å²) in [5, 5.41) is 0. The zero-order valence-electron chi connectivity index (χ0n) is 16.3. The van der Waals surface area contributed by atoms with Crippen molar-refractivity contribution in [3.8, 4) is 22.9 Å². The van der Waals surface area contributed by atoms with Gasteiger partial charge < -0.3 is 14.4 Å². The molecule has 1 aromatic heterocycles. The highest BCUT2D eigenvalue weighted by Gasteiger charge is 2.28. The minimum Gasteiger partial charge on any atom is -0.480 e. The SMILES string of the molecule is COc1cncc(OC2CCN(C(=O)Cc3ccc(-c4ccccc4)cc3)C2)n1. The van der Waals surface area contributed by atoms with Gasteiger partial charge in [-0.25, -0.2) is 0 Å². The van der Waals surface area contributed by atoms with Crippen molar-refractivity contribution < 1.29 is 14.3 Å². The highest BCUT2D eigenvalue weighted by Crippen LogP contribution is 2.21. The van der Waals surface area contributed by atoms with Gasteiger partial charge in [-0.2, -0.15) is 4.98 Å². The molecule has 148 valence electrons. The molecule has 0 spiro atoms. The smallest absolute Gasteiger partial charge is 0.235 e. The third-order valence-electron chi connectivity index (χ3n) is 5.00. The average molecular weight is 389 g/mol. The lowest BCUT2D eigenvalue weighted by Gasteiger charge is -2.17. The maximum absolute atomic E-state index is 12.7. The number of ether oxygens (including phenoxy) is 2. The monoisotopic (exact) mass is 389 g/mol. The Hall–Kier alpha value is -3.41. The standard InChI is InChI=1S/C23H23N3O3/c1-28-21-14-24-15-22(25-21)29-20-11-12-26(16-20)23(27)13-17-7-9-19(10-8-17)18-5-3-2-4-6-18/h2-10,14-15,20H,11-13,16H2,1H3. The second-order valence-corrected chi connectivity index (χ2v) is 7.01. The van der Waals surface area contributed by atoms with Crippen LogP contribution in [0.2, 0.25) is 0 Å². The van der Waals surface area contributed by atoms with Crippen LogP contribution in [0, 0.1) is 0 Å². The number of methoxy groups -OCH3 is 1. The molecule has 3 aromatic rings. The molecule has 2 heterocycles. The van der Waals surface area contributed by atoms with Gasteiger partial charge in [0.05, 0.1) is 32.5 Å². The van der Waals surface area contributed by atoms with E-state index in [4.69, 9.17) is 9.47 Å². The number of carbonyl (C=O) groups is 1. The molecular formula is C23H23N3O3. The Bertz CT molecular complexity index is 961. The van der Waals surface area contributed by atoms with Crippen LogP contribution < -0.4 is 9.47 Å². The normalized spacial score (nSPS) is 15.9. The predicted molar refractivity (Wildman–Crippen MR) is 110 cm³/mol. The molecule has 0 N–H and O–H groups in total. The van der Waals surface area contributed by atoms with Crippen molar-refractivity contribution in [3.63, 3.8) is 0 Å². The molecular weight excluding hydrogens is 366 g/mol. The van der Waals surface area contributed by atoms with Gasteiger partial charge in [0.1, 0.15) is 6.10 Å². The molecule has 1 unspecified atom stereocenters. The van der Waals surface area contributed by atoms with Crippen LogP contribution in [0.5, 0.6) is 11.8 Å². The van der Waals surface area contributed by atoms with Gasteiger partial charge in [-0.05, 0) is 16.7 Å². The topological polar surface area (TPSA) is 64.6 Å². The van der Waals surface area contributed by atoms with Crippen LogP contribution >= 0.6 is 0 Å². The molecule has 4 rings (SSSR count). The van der Waals surface area contributed by atoms with E-state index in [0.717, 1.165) is 17.5 Å². The first-order chi connectivity index (χ1) is 14.2. The van der Waals surface area contributed by atoms with Crippen LogP contribution in [0.15, 0.2) is 67.0 Å². The number of carbonyl (C=O) groups excluding carboxylic acids is 1. The molecule has 1 atom stereocenters. The van der Waals surface area contributed by atoms with Gasteiger partial charge in [0.2, 0.25) is 17.7 Å². The Balaban J connectivity index is 1.32. The van der Waals surface area contributed by atoms with E-state index in [0.29, 0.717) is 31.3 Å². The summed E-state index contributed by atoms with van der Waals surface area (Å²) in [6.45, 7) is 1.24. The van der Waals surface area contributed by atoms with Crippen molar-refractivity contribution >= 4 is 5.91 Å². The first kappa shape index (κ1) is 18.9. The quantitative estimate of drug-likeness (QED) is 0.647. The molecule has 29 heavy (non-hydrogen) atoms. The molecule has 6 nitrogen and oxygen atoms in total. The van der Waals surface area contributed by atoms with Gasteiger partial charge in [-0.1, -0.05) is 54.6 Å². The number of aromatic nitrogens is 2. The molecule has 1 aliphatic rings. The number of benzene rings is 2. The van der Waals surface area contributed by atoms with Crippen molar-refractivity contribution in [2.24, 2.45) is 0 Å². The molecule has 1 fully saturated rings. The molecule has 0 aliphatic carbocycles. The summed E-state index contributed by atoms with van der Waals surface area (Å²) >= 11 is 0. The fourth-order valence-corrected chi connectivity index (χ4v) is 3.44. The summed E-state index contributed by atoms with van der Waals surface area (Å²) in [5.41, 5.74) is 3.33. The van der Waals surface area contributed by atoms with Crippen molar-refractivity contribution in [3.05, 3.63) is 72.6 Å². The highest BCUT2D eigenvalue weighted by atomic mass is 16.5. The van der Waals surface area contributed by atoms with E-state index in [-0.39, 0.29) is 12.0 Å².